The van der Waals surface area contributed by atoms with Gasteiger partial charge in [0.05, 0.1) is 13.7 Å². The highest BCUT2D eigenvalue weighted by Gasteiger charge is 2.42. The summed E-state index contributed by atoms with van der Waals surface area (Å²) in [5, 5.41) is 8.27. The van der Waals surface area contributed by atoms with Crippen molar-refractivity contribution in [3.63, 3.8) is 0 Å². The van der Waals surface area contributed by atoms with E-state index in [-0.39, 0.29) is 11.2 Å². The number of fused-ring (bicyclic) bond motifs is 1. The molecule has 3 aromatic rings. The molecule has 5 rings (SSSR count). The maximum atomic E-state index is 13.4. The van der Waals surface area contributed by atoms with Crippen LogP contribution in [0.1, 0.15) is 45.2 Å². The SMILES string of the molecule is CCOc1ccc(C2C3=C(CC(C)(C)CC3=O)Nc3nc(-c4ccccc4)nn32)cc1OC. The molecule has 7 nitrogen and oxygen atoms in total. The number of methoxy groups -OCH3 is 1. The van der Waals surface area contributed by atoms with E-state index in [4.69, 9.17) is 19.6 Å². The van der Waals surface area contributed by atoms with Crippen molar-refractivity contribution in [1.29, 1.82) is 0 Å². The van der Waals surface area contributed by atoms with Crippen LogP contribution in [0.5, 0.6) is 11.5 Å². The second kappa shape index (κ2) is 8.06. The van der Waals surface area contributed by atoms with E-state index in [1.807, 2.05) is 60.1 Å². The molecule has 0 saturated heterocycles. The van der Waals surface area contributed by atoms with Gasteiger partial charge in [0.2, 0.25) is 5.95 Å². The molecule has 1 aliphatic carbocycles. The third kappa shape index (κ3) is 3.77. The molecule has 2 aromatic carbocycles. The van der Waals surface area contributed by atoms with Crippen LogP contribution in [0, 0.1) is 5.41 Å². The van der Waals surface area contributed by atoms with Crippen molar-refractivity contribution in [2.24, 2.45) is 5.41 Å². The summed E-state index contributed by atoms with van der Waals surface area (Å²) in [6.45, 7) is 6.73. The lowest BCUT2D eigenvalue weighted by Crippen LogP contribution is -2.36. The standard InChI is InChI=1S/C26H28N4O3/c1-5-33-20-12-11-17(13-21(20)32-4)23-22-18(14-26(2,3)15-19(22)31)27-25-28-24(29-30(23)25)16-9-7-6-8-10-16/h6-13,23H,5,14-15H2,1-4H3,(H,27,28,29). The molecule has 1 aliphatic heterocycles. The van der Waals surface area contributed by atoms with E-state index in [0.29, 0.717) is 36.3 Å². The highest BCUT2D eigenvalue weighted by atomic mass is 16.5. The molecule has 33 heavy (non-hydrogen) atoms. The fraction of sp³-hybridized carbons (Fsp3) is 0.346. The van der Waals surface area contributed by atoms with E-state index in [9.17, 15) is 4.79 Å². The number of aromatic nitrogens is 3. The average molecular weight is 445 g/mol. The number of Topliss-reactive ketones (excluding diaryl/α,β-unsaturated/α-hetero) is 1. The van der Waals surface area contributed by atoms with Crippen molar-refractivity contribution in [1.82, 2.24) is 14.8 Å². The summed E-state index contributed by atoms with van der Waals surface area (Å²) in [5.41, 5.74) is 3.39. The van der Waals surface area contributed by atoms with E-state index in [0.717, 1.165) is 28.8 Å². The number of benzene rings is 2. The Labute approximate surface area is 193 Å². The Hall–Kier alpha value is -3.61. The first-order valence-electron chi connectivity index (χ1n) is 11.3. The molecule has 1 atom stereocenters. The number of nitrogens with zero attached hydrogens (tertiary/aromatic N) is 3. The van der Waals surface area contributed by atoms with Crippen molar-refractivity contribution in [3.05, 3.63) is 65.4 Å². The molecule has 1 N–H and O–H groups in total. The quantitative estimate of drug-likeness (QED) is 0.596. The van der Waals surface area contributed by atoms with Gasteiger partial charge in [0.1, 0.15) is 6.04 Å². The van der Waals surface area contributed by atoms with Crippen molar-refractivity contribution in [2.75, 3.05) is 19.0 Å². The summed E-state index contributed by atoms with van der Waals surface area (Å²) < 4.78 is 13.1. The molecule has 0 radical (unpaired) electrons. The van der Waals surface area contributed by atoms with Gasteiger partial charge in [0.15, 0.2) is 23.1 Å². The Morgan fingerprint density at radius 3 is 2.64 bits per heavy atom. The summed E-state index contributed by atoms with van der Waals surface area (Å²) in [6, 6.07) is 15.3. The van der Waals surface area contributed by atoms with Gasteiger partial charge in [-0.2, -0.15) is 4.98 Å². The smallest absolute Gasteiger partial charge is 0.226 e. The molecule has 0 amide bonds. The number of hydrogen-bond donors (Lipinski definition) is 1. The molecule has 1 aromatic heterocycles. The molecule has 170 valence electrons. The Kier molecular flexibility index (Phi) is 5.19. The van der Waals surface area contributed by atoms with Crippen LogP contribution in [0.15, 0.2) is 59.8 Å². The van der Waals surface area contributed by atoms with Gasteiger partial charge >= 0.3 is 0 Å². The molecular formula is C26H28N4O3. The number of nitrogens with one attached hydrogen (secondary N) is 1. The van der Waals surface area contributed by atoms with E-state index in [1.165, 1.54) is 0 Å². The number of carbonyl (C=O) groups excluding carboxylic acids is 1. The minimum absolute atomic E-state index is 0.117. The zero-order valence-electron chi connectivity index (χ0n) is 19.4. The van der Waals surface area contributed by atoms with E-state index >= 15 is 0 Å². The van der Waals surface area contributed by atoms with Gasteiger partial charge in [-0.3, -0.25) is 4.79 Å². The van der Waals surface area contributed by atoms with Crippen LogP contribution < -0.4 is 14.8 Å². The summed E-state index contributed by atoms with van der Waals surface area (Å²) in [6.07, 6.45) is 1.26. The second-order valence-electron chi connectivity index (χ2n) is 9.27. The highest BCUT2D eigenvalue weighted by Crippen LogP contribution is 2.46. The Morgan fingerprint density at radius 1 is 1.12 bits per heavy atom. The Bertz CT molecular complexity index is 1240. The van der Waals surface area contributed by atoms with Crippen LogP contribution in [0.25, 0.3) is 11.4 Å². The van der Waals surface area contributed by atoms with Crippen LogP contribution in [0.2, 0.25) is 0 Å². The lowest BCUT2D eigenvalue weighted by atomic mass is 9.73. The van der Waals surface area contributed by atoms with Crippen molar-refractivity contribution >= 4 is 11.7 Å². The number of anilines is 1. The van der Waals surface area contributed by atoms with Crippen LogP contribution in [0.4, 0.5) is 5.95 Å². The van der Waals surface area contributed by atoms with E-state index in [2.05, 4.69) is 19.2 Å². The number of hydrogen-bond acceptors (Lipinski definition) is 6. The summed E-state index contributed by atoms with van der Waals surface area (Å²) in [7, 11) is 1.62. The molecule has 2 aliphatic rings. The summed E-state index contributed by atoms with van der Waals surface area (Å²) >= 11 is 0. The number of ether oxygens (including phenoxy) is 2. The second-order valence-corrected chi connectivity index (χ2v) is 9.27. The first-order valence-corrected chi connectivity index (χ1v) is 11.3. The van der Waals surface area contributed by atoms with Crippen LogP contribution in [-0.4, -0.2) is 34.3 Å². The van der Waals surface area contributed by atoms with Gasteiger partial charge in [-0.25, -0.2) is 4.68 Å². The zero-order valence-corrected chi connectivity index (χ0v) is 19.4. The molecule has 0 bridgehead atoms. The van der Waals surface area contributed by atoms with Gasteiger partial charge in [-0.05, 0) is 36.5 Å². The Morgan fingerprint density at radius 2 is 1.91 bits per heavy atom. The molecule has 0 saturated carbocycles. The monoisotopic (exact) mass is 444 g/mol. The third-order valence-corrected chi connectivity index (χ3v) is 6.17. The fourth-order valence-electron chi connectivity index (χ4n) is 4.76. The highest BCUT2D eigenvalue weighted by molar-refractivity contribution is 6.00. The number of carbonyl (C=O) groups is 1. The Balaban J connectivity index is 1.68. The first kappa shape index (κ1) is 21.2. The third-order valence-electron chi connectivity index (χ3n) is 6.17. The molecule has 0 spiro atoms. The molecule has 1 unspecified atom stereocenters. The van der Waals surface area contributed by atoms with E-state index in [1.54, 1.807) is 7.11 Å². The van der Waals surface area contributed by atoms with Gasteiger partial charge in [-0.1, -0.05) is 50.2 Å². The summed E-state index contributed by atoms with van der Waals surface area (Å²) in [4.78, 5) is 18.2. The van der Waals surface area contributed by atoms with Gasteiger partial charge in [0, 0.05) is 23.3 Å². The van der Waals surface area contributed by atoms with Crippen molar-refractivity contribution in [2.45, 2.75) is 39.7 Å². The average Bonchev–Trinajstić information content (AvgIpc) is 3.22. The summed E-state index contributed by atoms with van der Waals surface area (Å²) in [5.74, 6) is 2.69. The number of ketones is 1. The molecular weight excluding hydrogens is 416 g/mol. The van der Waals surface area contributed by atoms with Gasteiger partial charge in [0.25, 0.3) is 0 Å². The minimum Gasteiger partial charge on any atom is -0.493 e. The maximum absolute atomic E-state index is 13.4. The van der Waals surface area contributed by atoms with Crippen molar-refractivity contribution in [3.8, 4) is 22.9 Å². The normalized spacial score (nSPS) is 18.9. The minimum atomic E-state index is -0.394. The largest absolute Gasteiger partial charge is 0.493 e. The molecule has 7 heteroatoms. The maximum Gasteiger partial charge on any atom is 0.226 e. The zero-order chi connectivity index (χ0) is 23.2. The fourth-order valence-corrected chi connectivity index (χ4v) is 4.76. The van der Waals surface area contributed by atoms with Crippen LogP contribution in [0.3, 0.4) is 0 Å². The first-order chi connectivity index (χ1) is 15.9. The number of allylic oxidation sites excluding steroid dienone is 2. The topological polar surface area (TPSA) is 78.3 Å². The predicted molar refractivity (Wildman–Crippen MR) is 126 cm³/mol. The van der Waals surface area contributed by atoms with Crippen LogP contribution in [-0.2, 0) is 4.79 Å². The molecule has 0 fully saturated rings. The van der Waals surface area contributed by atoms with Gasteiger partial charge in [-0.15, -0.1) is 5.10 Å². The van der Waals surface area contributed by atoms with E-state index < -0.39 is 6.04 Å². The van der Waals surface area contributed by atoms with Crippen molar-refractivity contribution < 1.29 is 14.3 Å². The lowest BCUT2D eigenvalue weighted by molar-refractivity contribution is -0.118. The molecule has 2 heterocycles. The lowest BCUT2D eigenvalue weighted by Gasteiger charge is -2.38. The van der Waals surface area contributed by atoms with Crippen LogP contribution >= 0.6 is 0 Å². The number of rotatable bonds is 5. The van der Waals surface area contributed by atoms with Gasteiger partial charge < -0.3 is 14.8 Å². The predicted octanol–water partition coefficient (Wildman–Crippen LogP) is 5.01.